The van der Waals surface area contributed by atoms with Gasteiger partial charge in [0.15, 0.2) is 0 Å². The summed E-state index contributed by atoms with van der Waals surface area (Å²) in [6.07, 6.45) is 0. The van der Waals surface area contributed by atoms with E-state index in [9.17, 15) is 13.6 Å². The summed E-state index contributed by atoms with van der Waals surface area (Å²) in [5.74, 6) is -1.34. The molecule has 1 N–H and O–H groups in total. The van der Waals surface area contributed by atoms with Gasteiger partial charge < -0.3 is 5.32 Å². The van der Waals surface area contributed by atoms with Crippen molar-refractivity contribution in [1.29, 1.82) is 0 Å². The van der Waals surface area contributed by atoms with Gasteiger partial charge >= 0.3 is 0 Å². The van der Waals surface area contributed by atoms with E-state index in [1.165, 1.54) is 0 Å². The monoisotopic (exact) mass is 291 g/mol. The Morgan fingerprint density at radius 2 is 2.06 bits per heavy atom. The lowest BCUT2D eigenvalue weighted by Crippen LogP contribution is -2.37. The molecule has 2 nitrogen and oxygen atoms in total. The van der Waals surface area contributed by atoms with Crippen LogP contribution in [0.25, 0.3) is 0 Å². The van der Waals surface area contributed by atoms with Crippen molar-refractivity contribution >= 4 is 21.8 Å². The molecule has 1 aromatic carbocycles. The summed E-state index contributed by atoms with van der Waals surface area (Å²) in [6, 6.07) is 3.14. The van der Waals surface area contributed by atoms with Gasteiger partial charge in [0.25, 0.3) is 0 Å². The molecule has 0 bridgehead atoms. The van der Waals surface area contributed by atoms with Crippen LogP contribution < -0.4 is 5.32 Å². The molecule has 0 aliphatic carbocycles. The highest BCUT2D eigenvalue weighted by Crippen LogP contribution is 2.16. The summed E-state index contributed by atoms with van der Waals surface area (Å²) in [6.45, 7) is 3.31. The Labute approximate surface area is 101 Å². The molecule has 1 amide bonds. The fourth-order valence-corrected chi connectivity index (χ4v) is 1.20. The molecule has 1 rings (SSSR count). The van der Waals surface area contributed by atoms with E-state index in [4.69, 9.17) is 0 Å². The van der Waals surface area contributed by atoms with Crippen LogP contribution in [0, 0.1) is 11.6 Å². The molecule has 0 unspecified atom stereocenters. The van der Waals surface area contributed by atoms with Gasteiger partial charge in [-0.05, 0) is 32.0 Å². The van der Waals surface area contributed by atoms with E-state index in [0.29, 0.717) is 0 Å². The lowest BCUT2D eigenvalue weighted by Gasteiger charge is -2.15. The van der Waals surface area contributed by atoms with Gasteiger partial charge in [0.05, 0.1) is 4.32 Å². The summed E-state index contributed by atoms with van der Waals surface area (Å²) in [4.78, 5) is 11.5. The first-order valence-corrected chi connectivity index (χ1v) is 5.51. The Kier molecular flexibility index (Phi) is 4.02. The van der Waals surface area contributed by atoms with Crippen molar-refractivity contribution in [2.24, 2.45) is 0 Å². The van der Waals surface area contributed by atoms with Crippen LogP contribution in [0.15, 0.2) is 18.2 Å². The first-order valence-electron chi connectivity index (χ1n) is 4.72. The molecule has 1 aromatic rings. The van der Waals surface area contributed by atoms with Crippen molar-refractivity contribution in [2.45, 2.75) is 24.7 Å². The van der Waals surface area contributed by atoms with Crippen molar-refractivity contribution in [3.8, 4) is 0 Å². The van der Waals surface area contributed by atoms with E-state index in [1.54, 1.807) is 13.8 Å². The third-order valence-corrected chi connectivity index (χ3v) is 2.35. The normalized spacial score (nSPS) is 11.3. The van der Waals surface area contributed by atoms with Gasteiger partial charge in [0.2, 0.25) is 5.91 Å². The Morgan fingerprint density at radius 3 is 2.62 bits per heavy atom. The van der Waals surface area contributed by atoms with Gasteiger partial charge in [-0.3, -0.25) is 4.79 Å². The molecule has 0 aliphatic heterocycles. The predicted octanol–water partition coefficient (Wildman–Crippen LogP) is 2.75. The molecular formula is C11H12BrF2NO. The summed E-state index contributed by atoms with van der Waals surface area (Å²) >= 11 is 3.17. The lowest BCUT2D eigenvalue weighted by molar-refractivity contribution is -0.122. The zero-order valence-electron chi connectivity index (χ0n) is 8.98. The minimum atomic E-state index is -0.725. The SMILES string of the molecule is CC(C)(Br)C(=O)NCc1cc(F)ccc1F. The van der Waals surface area contributed by atoms with Gasteiger partial charge in [0.1, 0.15) is 11.6 Å². The maximum atomic E-state index is 13.2. The van der Waals surface area contributed by atoms with E-state index in [2.05, 4.69) is 21.2 Å². The molecule has 0 fully saturated rings. The van der Waals surface area contributed by atoms with Crippen molar-refractivity contribution in [3.63, 3.8) is 0 Å². The Hall–Kier alpha value is -0.970. The van der Waals surface area contributed by atoms with Crippen LogP contribution in [-0.4, -0.2) is 10.2 Å². The average Bonchev–Trinajstić information content (AvgIpc) is 2.17. The molecule has 88 valence electrons. The molecule has 0 spiro atoms. The van der Waals surface area contributed by atoms with Gasteiger partial charge in [-0.15, -0.1) is 0 Å². The van der Waals surface area contributed by atoms with Crippen LogP contribution in [0.1, 0.15) is 19.4 Å². The Morgan fingerprint density at radius 1 is 1.44 bits per heavy atom. The highest BCUT2D eigenvalue weighted by atomic mass is 79.9. The minimum absolute atomic E-state index is 0.0303. The largest absolute Gasteiger partial charge is 0.351 e. The minimum Gasteiger partial charge on any atom is -0.351 e. The number of amides is 1. The van der Waals surface area contributed by atoms with Crippen LogP contribution >= 0.6 is 15.9 Å². The molecule has 0 aromatic heterocycles. The smallest absolute Gasteiger partial charge is 0.236 e. The number of hydrogen-bond acceptors (Lipinski definition) is 1. The van der Waals surface area contributed by atoms with Crippen molar-refractivity contribution < 1.29 is 13.6 Å². The van der Waals surface area contributed by atoms with Crippen LogP contribution in [0.2, 0.25) is 0 Å². The van der Waals surface area contributed by atoms with Crippen LogP contribution in [0.3, 0.4) is 0 Å². The fourth-order valence-electron chi connectivity index (χ4n) is 1.06. The van der Waals surface area contributed by atoms with Crippen LogP contribution in [0.5, 0.6) is 0 Å². The zero-order chi connectivity index (χ0) is 12.3. The summed E-state index contributed by atoms with van der Waals surface area (Å²) in [5, 5.41) is 2.51. The average molecular weight is 292 g/mol. The summed E-state index contributed by atoms with van der Waals surface area (Å²) in [5.41, 5.74) is 0.130. The molecule has 0 saturated heterocycles. The van der Waals surface area contributed by atoms with Gasteiger partial charge in [-0.2, -0.15) is 0 Å². The number of carbonyl (C=O) groups is 1. The maximum absolute atomic E-state index is 13.2. The second-order valence-corrected chi connectivity index (χ2v) is 5.87. The molecular weight excluding hydrogens is 280 g/mol. The standard InChI is InChI=1S/C11H12BrF2NO/c1-11(2,12)10(16)15-6-7-5-8(13)3-4-9(7)14/h3-5H,6H2,1-2H3,(H,15,16). The number of halogens is 3. The quantitative estimate of drug-likeness (QED) is 0.853. The number of rotatable bonds is 3. The van der Waals surface area contributed by atoms with E-state index in [0.717, 1.165) is 18.2 Å². The van der Waals surface area contributed by atoms with E-state index in [1.807, 2.05) is 0 Å². The molecule has 0 radical (unpaired) electrons. The van der Waals surface area contributed by atoms with E-state index in [-0.39, 0.29) is 18.0 Å². The molecule has 5 heteroatoms. The molecule has 0 aliphatic rings. The number of nitrogens with one attached hydrogen (secondary N) is 1. The summed E-state index contributed by atoms with van der Waals surface area (Å²) < 4.78 is 25.3. The van der Waals surface area contributed by atoms with Gasteiger partial charge in [-0.1, -0.05) is 15.9 Å². The Bertz CT molecular complexity index is 401. The number of benzene rings is 1. The van der Waals surface area contributed by atoms with Crippen LogP contribution in [-0.2, 0) is 11.3 Å². The topological polar surface area (TPSA) is 29.1 Å². The number of carbonyl (C=O) groups excluding carboxylic acids is 1. The fraction of sp³-hybridized carbons (Fsp3) is 0.364. The number of alkyl halides is 1. The molecule has 0 atom stereocenters. The molecule has 16 heavy (non-hydrogen) atoms. The maximum Gasteiger partial charge on any atom is 0.236 e. The second kappa shape index (κ2) is 4.91. The van der Waals surface area contributed by atoms with Crippen molar-refractivity contribution in [1.82, 2.24) is 5.32 Å². The summed E-state index contributed by atoms with van der Waals surface area (Å²) in [7, 11) is 0. The second-order valence-electron chi connectivity index (χ2n) is 3.89. The predicted molar refractivity (Wildman–Crippen MR) is 61.2 cm³/mol. The van der Waals surface area contributed by atoms with Crippen molar-refractivity contribution in [2.75, 3.05) is 0 Å². The van der Waals surface area contributed by atoms with Crippen molar-refractivity contribution in [3.05, 3.63) is 35.4 Å². The first-order chi connectivity index (χ1) is 7.30. The van der Waals surface area contributed by atoms with E-state index < -0.39 is 16.0 Å². The van der Waals surface area contributed by atoms with E-state index >= 15 is 0 Å². The first kappa shape index (κ1) is 13.1. The number of hydrogen-bond donors (Lipinski definition) is 1. The van der Waals surface area contributed by atoms with Gasteiger partial charge in [0, 0.05) is 12.1 Å². The third-order valence-electron chi connectivity index (χ3n) is 1.99. The van der Waals surface area contributed by atoms with Crippen LogP contribution in [0.4, 0.5) is 8.78 Å². The Balaban J connectivity index is 2.68. The molecule has 0 saturated carbocycles. The molecule has 0 heterocycles. The highest BCUT2D eigenvalue weighted by molar-refractivity contribution is 9.10. The lowest BCUT2D eigenvalue weighted by atomic mass is 10.1. The third kappa shape index (κ3) is 3.56. The zero-order valence-corrected chi connectivity index (χ0v) is 10.6. The van der Waals surface area contributed by atoms with Gasteiger partial charge in [-0.25, -0.2) is 8.78 Å². The highest BCUT2D eigenvalue weighted by Gasteiger charge is 2.23.